The first-order valence-corrected chi connectivity index (χ1v) is 9.98. The summed E-state index contributed by atoms with van der Waals surface area (Å²) in [5, 5.41) is 3.37. The lowest BCUT2D eigenvalue weighted by Crippen LogP contribution is -2.42. The van der Waals surface area contributed by atoms with Gasteiger partial charge in [-0.05, 0) is 36.2 Å². The van der Waals surface area contributed by atoms with Crippen LogP contribution in [0.4, 0.5) is 5.69 Å². The highest BCUT2D eigenvalue weighted by Crippen LogP contribution is 2.33. The Kier molecular flexibility index (Phi) is 5.92. The summed E-state index contributed by atoms with van der Waals surface area (Å²) in [5.74, 6) is 3.09. The number of fused-ring (bicyclic) bond motifs is 2. The van der Waals surface area contributed by atoms with Gasteiger partial charge in [-0.15, -0.1) is 0 Å². The normalized spacial score (nSPS) is 14.9. The van der Waals surface area contributed by atoms with Gasteiger partial charge in [0.2, 0.25) is 6.79 Å². The quantitative estimate of drug-likeness (QED) is 0.447. The first-order valence-electron chi connectivity index (χ1n) is 9.98. The molecule has 30 heavy (non-hydrogen) atoms. The molecule has 1 N–H and O–H groups in total. The molecular weight excluding hydrogens is 384 g/mol. The van der Waals surface area contributed by atoms with Crippen molar-refractivity contribution in [1.82, 2.24) is 10.2 Å². The Morgan fingerprint density at radius 2 is 1.97 bits per heavy atom. The zero-order valence-corrected chi connectivity index (χ0v) is 17.3. The van der Waals surface area contributed by atoms with Crippen molar-refractivity contribution in [1.29, 1.82) is 0 Å². The number of para-hydroxylation sites is 2. The Hall–Kier alpha value is -3.42. The number of carbonyl (C=O) groups excluding carboxylic acids is 1. The van der Waals surface area contributed by atoms with Crippen LogP contribution in [-0.2, 0) is 11.3 Å². The number of guanidine groups is 1. The highest BCUT2D eigenvalue weighted by Gasteiger charge is 2.24. The van der Waals surface area contributed by atoms with E-state index in [4.69, 9.17) is 14.2 Å². The molecule has 0 fully saturated rings. The van der Waals surface area contributed by atoms with E-state index >= 15 is 0 Å². The summed E-state index contributed by atoms with van der Waals surface area (Å²) in [6.45, 7) is 2.37. The van der Waals surface area contributed by atoms with Crippen LogP contribution in [0, 0.1) is 0 Å². The molecule has 0 radical (unpaired) electrons. The molecule has 2 aliphatic rings. The van der Waals surface area contributed by atoms with E-state index in [1.165, 1.54) is 0 Å². The monoisotopic (exact) mass is 410 g/mol. The number of anilines is 1. The lowest BCUT2D eigenvalue weighted by atomic mass is 10.2. The number of benzene rings is 2. The van der Waals surface area contributed by atoms with Crippen LogP contribution in [0.25, 0.3) is 0 Å². The smallest absolute Gasteiger partial charge is 0.265 e. The second-order valence-corrected chi connectivity index (χ2v) is 7.17. The van der Waals surface area contributed by atoms with Gasteiger partial charge in [-0.1, -0.05) is 18.2 Å². The number of amides is 1. The number of hydrogen-bond donors (Lipinski definition) is 1. The predicted molar refractivity (Wildman–Crippen MR) is 114 cm³/mol. The van der Waals surface area contributed by atoms with Gasteiger partial charge in [0.25, 0.3) is 5.91 Å². The molecule has 2 heterocycles. The summed E-state index contributed by atoms with van der Waals surface area (Å²) in [7, 11) is 3.75. The topological polar surface area (TPSA) is 75.6 Å². The molecule has 0 spiro atoms. The van der Waals surface area contributed by atoms with Crippen molar-refractivity contribution in [2.45, 2.75) is 13.0 Å². The summed E-state index contributed by atoms with van der Waals surface area (Å²) < 4.78 is 16.3. The molecule has 0 unspecified atom stereocenters. The van der Waals surface area contributed by atoms with Crippen LogP contribution in [0.1, 0.15) is 12.0 Å². The minimum Gasteiger partial charge on any atom is -0.482 e. The van der Waals surface area contributed by atoms with Crippen molar-refractivity contribution < 1.29 is 19.0 Å². The average molecular weight is 410 g/mol. The minimum atomic E-state index is -0.0157. The van der Waals surface area contributed by atoms with Gasteiger partial charge in [0.1, 0.15) is 5.75 Å². The summed E-state index contributed by atoms with van der Waals surface area (Å²) in [6.07, 6.45) is 0.789. The molecule has 0 bridgehead atoms. The Labute approximate surface area is 176 Å². The SMILES string of the molecule is CN=C(NCCCN1C(=O)COc2ccccc21)N(C)Cc1ccc2c(c1)OCO2. The van der Waals surface area contributed by atoms with E-state index in [9.17, 15) is 4.79 Å². The minimum absolute atomic E-state index is 0.0157. The summed E-state index contributed by atoms with van der Waals surface area (Å²) in [6, 6.07) is 13.6. The van der Waals surface area contributed by atoms with E-state index in [-0.39, 0.29) is 19.3 Å². The van der Waals surface area contributed by atoms with Crippen molar-refractivity contribution in [2.24, 2.45) is 4.99 Å². The fourth-order valence-corrected chi connectivity index (χ4v) is 3.61. The highest BCUT2D eigenvalue weighted by atomic mass is 16.7. The van der Waals surface area contributed by atoms with Gasteiger partial charge in [0.15, 0.2) is 24.1 Å². The molecule has 8 nitrogen and oxygen atoms in total. The molecule has 2 aromatic rings. The number of ether oxygens (including phenoxy) is 3. The van der Waals surface area contributed by atoms with Gasteiger partial charge in [-0.3, -0.25) is 9.79 Å². The standard InChI is InChI=1S/C22H26N4O4/c1-23-22(25(2)13-16-8-9-19-20(12-16)30-15-29-19)24-10-5-11-26-17-6-3-4-7-18(17)28-14-21(26)27/h3-4,6-9,12H,5,10-11,13-15H2,1-2H3,(H,23,24). The Morgan fingerprint density at radius 1 is 1.13 bits per heavy atom. The second kappa shape index (κ2) is 8.94. The maximum absolute atomic E-state index is 12.3. The third kappa shape index (κ3) is 4.27. The first kappa shape index (κ1) is 19.9. The number of aliphatic imine (C=N–C) groups is 1. The molecule has 0 saturated carbocycles. The van der Waals surface area contributed by atoms with Crippen LogP contribution in [0.15, 0.2) is 47.5 Å². The zero-order chi connectivity index (χ0) is 20.9. The molecule has 2 aliphatic heterocycles. The average Bonchev–Trinajstić information content (AvgIpc) is 3.23. The number of hydrogen-bond acceptors (Lipinski definition) is 5. The Bertz CT molecular complexity index is 946. The van der Waals surface area contributed by atoms with Crippen molar-refractivity contribution in [3.8, 4) is 17.2 Å². The predicted octanol–water partition coefficient (Wildman–Crippen LogP) is 2.24. The van der Waals surface area contributed by atoms with Crippen LogP contribution >= 0.6 is 0 Å². The van der Waals surface area contributed by atoms with Crippen LogP contribution < -0.4 is 24.4 Å². The number of nitrogens with one attached hydrogen (secondary N) is 1. The molecule has 8 heteroatoms. The van der Waals surface area contributed by atoms with Crippen molar-refractivity contribution in [3.63, 3.8) is 0 Å². The van der Waals surface area contributed by atoms with Gasteiger partial charge in [0.05, 0.1) is 5.69 Å². The molecule has 0 atom stereocenters. The fraction of sp³-hybridized carbons (Fsp3) is 0.364. The molecule has 0 aliphatic carbocycles. The largest absolute Gasteiger partial charge is 0.482 e. The van der Waals surface area contributed by atoms with Crippen LogP contribution in [0.5, 0.6) is 17.2 Å². The van der Waals surface area contributed by atoms with Crippen LogP contribution in [-0.4, -0.2) is 57.4 Å². The van der Waals surface area contributed by atoms with E-state index in [2.05, 4.69) is 10.3 Å². The van der Waals surface area contributed by atoms with Gasteiger partial charge >= 0.3 is 0 Å². The van der Waals surface area contributed by atoms with Crippen LogP contribution in [0.2, 0.25) is 0 Å². The van der Waals surface area contributed by atoms with Crippen molar-refractivity contribution >= 4 is 17.6 Å². The Balaban J connectivity index is 1.28. The third-order valence-corrected chi connectivity index (χ3v) is 5.08. The maximum atomic E-state index is 12.3. The summed E-state index contributed by atoms with van der Waals surface area (Å²) >= 11 is 0. The summed E-state index contributed by atoms with van der Waals surface area (Å²) in [4.78, 5) is 20.5. The van der Waals surface area contributed by atoms with Gasteiger partial charge in [-0.2, -0.15) is 0 Å². The molecule has 0 saturated heterocycles. The van der Waals surface area contributed by atoms with E-state index in [1.54, 1.807) is 11.9 Å². The molecule has 158 valence electrons. The summed E-state index contributed by atoms with van der Waals surface area (Å²) in [5.41, 5.74) is 1.94. The molecule has 2 aromatic carbocycles. The molecular formula is C22H26N4O4. The van der Waals surface area contributed by atoms with Crippen molar-refractivity contribution in [3.05, 3.63) is 48.0 Å². The lowest BCUT2D eigenvalue weighted by molar-refractivity contribution is -0.121. The lowest BCUT2D eigenvalue weighted by Gasteiger charge is -2.29. The van der Waals surface area contributed by atoms with Gasteiger partial charge in [-0.25, -0.2) is 0 Å². The first-order chi connectivity index (χ1) is 14.7. The zero-order valence-electron chi connectivity index (χ0n) is 17.3. The van der Waals surface area contributed by atoms with E-state index in [0.29, 0.717) is 19.6 Å². The van der Waals surface area contributed by atoms with Gasteiger partial charge in [0, 0.05) is 33.7 Å². The van der Waals surface area contributed by atoms with Gasteiger partial charge < -0.3 is 29.3 Å². The number of nitrogens with zero attached hydrogens (tertiary/aromatic N) is 3. The fourth-order valence-electron chi connectivity index (χ4n) is 3.61. The molecule has 1 amide bonds. The van der Waals surface area contributed by atoms with E-state index in [0.717, 1.165) is 40.9 Å². The second-order valence-electron chi connectivity index (χ2n) is 7.17. The van der Waals surface area contributed by atoms with E-state index in [1.807, 2.05) is 54.4 Å². The highest BCUT2D eigenvalue weighted by molar-refractivity contribution is 5.97. The number of rotatable bonds is 6. The van der Waals surface area contributed by atoms with Crippen LogP contribution in [0.3, 0.4) is 0 Å². The number of carbonyl (C=O) groups is 1. The molecule has 4 rings (SSSR count). The Morgan fingerprint density at radius 3 is 2.83 bits per heavy atom. The maximum Gasteiger partial charge on any atom is 0.265 e. The third-order valence-electron chi connectivity index (χ3n) is 5.08. The molecule has 0 aromatic heterocycles. The van der Waals surface area contributed by atoms with Crippen molar-refractivity contribution in [2.75, 3.05) is 45.5 Å². The van der Waals surface area contributed by atoms with E-state index < -0.39 is 0 Å².